The Balaban J connectivity index is 1.62. The van der Waals surface area contributed by atoms with Gasteiger partial charge in [0.25, 0.3) is 11.5 Å². The van der Waals surface area contributed by atoms with Crippen LogP contribution in [-0.4, -0.2) is 22.3 Å². The van der Waals surface area contributed by atoms with E-state index >= 15 is 0 Å². The molecule has 0 saturated heterocycles. The monoisotopic (exact) mass is 405 g/mol. The van der Waals surface area contributed by atoms with Crippen LogP contribution in [0.5, 0.6) is 5.75 Å². The number of hydrogen-bond acceptors (Lipinski definition) is 4. The molecule has 0 aliphatic carbocycles. The molecule has 30 heavy (non-hydrogen) atoms. The lowest BCUT2D eigenvalue weighted by Crippen LogP contribution is -2.32. The summed E-state index contributed by atoms with van der Waals surface area (Å²) in [5.41, 5.74) is 2.18. The van der Waals surface area contributed by atoms with Crippen LogP contribution in [0.15, 0.2) is 71.5 Å². The molecular formula is C24H27N3O3. The van der Waals surface area contributed by atoms with Crippen molar-refractivity contribution >= 4 is 5.91 Å². The lowest BCUT2D eigenvalue weighted by Gasteiger charge is -2.16. The number of nitrogens with one attached hydrogen (secondary N) is 1. The van der Waals surface area contributed by atoms with Gasteiger partial charge in [0.2, 0.25) is 0 Å². The average Bonchev–Trinajstić information content (AvgIpc) is 2.75. The molecular weight excluding hydrogens is 378 g/mol. The highest BCUT2D eigenvalue weighted by molar-refractivity contribution is 5.92. The quantitative estimate of drug-likeness (QED) is 0.616. The molecule has 0 saturated carbocycles. The Morgan fingerprint density at radius 2 is 1.63 bits per heavy atom. The highest BCUT2D eigenvalue weighted by Gasteiger charge is 2.14. The van der Waals surface area contributed by atoms with E-state index < -0.39 is 0 Å². The van der Waals surface area contributed by atoms with Gasteiger partial charge >= 0.3 is 0 Å². The largest absolute Gasteiger partial charge is 0.492 e. The molecule has 0 aliphatic rings. The summed E-state index contributed by atoms with van der Waals surface area (Å²) in [6.07, 6.45) is 0. The third kappa shape index (κ3) is 5.56. The highest BCUT2D eigenvalue weighted by Crippen LogP contribution is 2.18. The lowest BCUT2D eigenvalue weighted by atomic mass is 9.99. The Hall–Kier alpha value is -3.41. The Morgan fingerprint density at radius 1 is 0.967 bits per heavy atom. The molecule has 1 aromatic heterocycles. The Labute approximate surface area is 176 Å². The van der Waals surface area contributed by atoms with Crippen molar-refractivity contribution in [3.63, 3.8) is 0 Å². The number of carbonyl (C=O) groups excluding carboxylic acids is 1. The minimum absolute atomic E-state index is 0.178. The normalized spacial score (nSPS) is 11.9. The Kier molecular flexibility index (Phi) is 7.01. The summed E-state index contributed by atoms with van der Waals surface area (Å²) < 4.78 is 6.86. The molecule has 2 aromatic carbocycles. The van der Waals surface area contributed by atoms with E-state index in [4.69, 9.17) is 4.74 Å². The summed E-state index contributed by atoms with van der Waals surface area (Å²) in [7, 11) is 0. The first-order chi connectivity index (χ1) is 14.4. The van der Waals surface area contributed by atoms with Crippen molar-refractivity contribution in [2.45, 2.75) is 39.3 Å². The first-order valence-electron chi connectivity index (χ1n) is 10.1. The molecule has 0 aliphatic heterocycles. The minimum atomic E-state index is -0.326. The van der Waals surface area contributed by atoms with Crippen LogP contribution in [0.2, 0.25) is 0 Å². The standard InChI is InChI=1S/C24H27N3O3/c1-17(2)19-9-11-20(12-10-19)18(3)25-24(29)22-13-14-23(28)27(26-22)15-16-30-21-7-5-4-6-8-21/h4-14,17-18H,15-16H2,1-3H3,(H,25,29). The van der Waals surface area contributed by atoms with E-state index in [1.54, 1.807) is 0 Å². The number of hydrogen-bond donors (Lipinski definition) is 1. The Morgan fingerprint density at radius 3 is 2.30 bits per heavy atom. The van der Waals surface area contributed by atoms with Crippen molar-refractivity contribution in [1.82, 2.24) is 15.1 Å². The van der Waals surface area contributed by atoms with Crippen LogP contribution in [0.1, 0.15) is 54.3 Å². The van der Waals surface area contributed by atoms with Crippen molar-refractivity contribution in [3.8, 4) is 5.75 Å². The minimum Gasteiger partial charge on any atom is -0.492 e. The summed E-state index contributed by atoms with van der Waals surface area (Å²) in [5, 5.41) is 7.14. The summed E-state index contributed by atoms with van der Waals surface area (Å²) in [6.45, 7) is 6.74. The van der Waals surface area contributed by atoms with Gasteiger partial charge in [-0.3, -0.25) is 9.59 Å². The maximum absolute atomic E-state index is 12.6. The predicted octanol–water partition coefficient (Wildman–Crippen LogP) is 3.94. The van der Waals surface area contributed by atoms with E-state index in [1.807, 2.05) is 49.4 Å². The van der Waals surface area contributed by atoms with Crippen LogP contribution in [0, 0.1) is 0 Å². The molecule has 6 nitrogen and oxygen atoms in total. The molecule has 1 atom stereocenters. The van der Waals surface area contributed by atoms with Crippen LogP contribution in [-0.2, 0) is 6.54 Å². The molecule has 0 bridgehead atoms. The van der Waals surface area contributed by atoms with Gasteiger partial charge in [-0.05, 0) is 42.2 Å². The zero-order valence-electron chi connectivity index (χ0n) is 17.5. The number of benzene rings is 2. The summed E-state index contributed by atoms with van der Waals surface area (Å²) in [6, 6.07) is 20.2. The maximum atomic E-state index is 12.6. The van der Waals surface area contributed by atoms with Gasteiger partial charge in [-0.2, -0.15) is 5.10 Å². The summed E-state index contributed by atoms with van der Waals surface area (Å²) in [5.74, 6) is 0.852. The van der Waals surface area contributed by atoms with Crippen LogP contribution in [0.25, 0.3) is 0 Å². The second-order valence-electron chi connectivity index (χ2n) is 7.46. The van der Waals surface area contributed by atoms with Gasteiger partial charge in [0.15, 0.2) is 0 Å². The summed E-state index contributed by atoms with van der Waals surface area (Å²) in [4.78, 5) is 24.7. The van der Waals surface area contributed by atoms with Crippen LogP contribution < -0.4 is 15.6 Å². The van der Waals surface area contributed by atoms with E-state index in [9.17, 15) is 9.59 Å². The van der Waals surface area contributed by atoms with Crippen LogP contribution >= 0.6 is 0 Å². The molecule has 0 radical (unpaired) electrons. The average molecular weight is 405 g/mol. The highest BCUT2D eigenvalue weighted by atomic mass is 16.5. The smallest absolute Gasteiger partial charge is 0.272 e. The molecule has 6 heteroatoms. The zero-order valence-corrected chi connectivity index (χ0v) is 17.5. The topological polar surface area (TPSA) is 73.2 Å². The van der Waals surface area contributed by atoms with Crippen molar-refractivity contribution < 1.29 is 9.53 Å². The predicted molar refractivity (Wildman–Crippen MR) is 117 cm³/mol. The number of para-hydroxylation sites is 1. The molecule has 156 valence electrons. The van der Waals surface area contributed by atoms with Gasteiger partial charge in [-0.25, -0.2) is 4.68 Å². The van der Waals surface area contributed by atoms with Crippen molar-refractivity contribution in [2.75, 3.05) is 6.61 Å². The number of amides is 1. The van der Waals surface area contributed by atoms with Gasteiger partial charge in [-0.15, -0.1) is 0 Å². The van der Waals surface area contributed by atoms with E-state index in [1.165, 1.54) is 22.4 Å². The second kappa shape index (κ2) is 9.87. The third-order valence-corrected chi connectivity index (χ3v) is 4.87. The van der Waals surface area contributed by atoms with E-state index in [-0.39, 0.29) is 36.4 Å². The second-order valence-corrected chi connectivity index (χ2v) is 7.46. The van der Waals surface area contributed by atoms with E-state index in [0.29, 0.717) is 5.92 Å². The fourth-order valence-corrected chi connectivity index (χ4v) is 3.02. The SMILES string of the molecule is CC(C)c1ccc(C(C)NC(=O)c2ccc(=O)n(CCOc3ccccc3)n2)cc1. The van der Waals surface area contributed by atoms with Crippen LogP contribution in [0.4, 0.5) is 0 Å². The Bertz CT molecular complexity index is 1030. The van der Waals surface area contributed by atoms with Crippen molar-refractivity contribution in [3.05, 3.63) is 93.9 Å². The van der Waals surface area contributed by atoms with E-state index in [0.717, 1.165) is 11.3 Å². The fraction of sp³-hybridized carbons (Fsp3) is 0.292. The number of nitrogens with zero attached hydrogens (tertiary/aromatic N) is 2. The number of aromatic nitrogens is 2. The van der Waals surface area contributed by atoms with Gasteiger partial charge in [-0.1, -0.05) is 56.3 Å². The van der Waals surface area contributed by atoms with E-state index in [2.05, 4.69) is 36.4 Å². The molecule has 1 heterocycles. The van der Waals surface area contributed by atoms with Crippen molar-refractivity contribution in [2.24, 2.45) is 0 Å². The number of ether oxygens (including phenoxy) is 1. The third-order valence-electron chi connectivity index (χ3n) is 4.87. The lowest BCUT2D eigenvalue weighted by molar-refractivity contribution is 0.0931. The maximum Gasteiger partial charge on any atom is 0.272 e. The van der Waals surface area contributed by atoms with Crippen molar-refractivity contribution in [1.29, 1.82) is 0 Å². The number of carbonyl (C=O) groups is 1. The molecule has 3 aromatic rings. The zero-order chi connectivity index (χ0) is 21.5. The number of rotatable bonds is 8. The van der Waals surface area contributed by atoms with Gasteiger partial charge in [0.1, 0.15) is 18.1 Å². The molecule has 1 amide bonds. The first-order valence-corrected chi connectivity index (χ1v) is 10.1. The van der Waals surface area contributed by atoms with Gasteiger partial charge < -0.3 is 10.1 Å². The molecule has 1 unspecified atom stereocenters. The fourth-order valence-electron chi connectivity index (χ4n) is 3.02. The molecule has 0 spiro atoms. The van der Waals surface area contributed by atoms with Gasteiger partial charge in [0.05, 0.1) is 12.6 Å². The molecule has 0 fully saturated rings. The van der Waals surface area contributed by atoms with Gasteiger partial charge in [0, 0.05) is 6.07 Å². The first kappa shape index (κ1) is 21.3. The molecule has 1 N–H and O–H groups in total. The summed E-state index contributed by atoms with van der Waals surface area (Å²) >= 11 is 0. The molecule has 3 rings (SSSR count). The van der Waals surface area contributed by atoms with Crippen LogP contribution in [0.3, 0.4) is 0 Å².